The molecule has 1 atom stereocenters. The Morgan fingerprint density at radius 2 is 2.05 bits per heavy atom. The molecule has 0 aliphatic carbocycles. The second kappa shape index (κ2) is 14.6. The van der Waals surface area contributed by atoms with Gasteiger partial charge in [0.2, 0.25) is 0 Å². The summed E-state index contributed by atoms with van der Waals surface area (Å²) in [6.07, 6.45) is 21.7. The molecule has 0 saturated heterocycles. The standard InChI is InChI=1S/C19H28O2/c1-4-7-9-11-13-15-18(19(20)21-17-6-3)16-14-12-10-8-5-2/h4,6-10,14,16-18H,1,5,11-13,15H2,2-3H3. The minimum Gasteiger partial charge on any atom is -0.434 e. The Morgan fingerprint density at radius 3 is 2.71 bits per heavy atom. The quantitative estimate of drug-likeness (QED) is 0.165. The second-order valence-electron chi connectivity index (χ2n) is 4.65. The molecule has 2 nitrogen and oxygen atoms in total. The zero-order chi connectivity index (χ0) is 15.8. The summed E-state index contributed by atoms with van der Waals surface area (Å²) in [6.45, 7) is 7.57. The predicted octanol–water partition coefficient (Wildman–Crippen LogP) is 5.50. The van der Waals surface area contributed by atoms with Crippen molar-refractivity contribution in [1.82, 2.24) is 0 Å². The van der Waals surface area contributed by atoms with Crippen LogP contribution in [0.1, 0.15) is 46.0 Å². The monoisotopic (exact) mass is 288 g/mol. The topological polar surface area (TPSA) is 26.3 Å². The molecule has 2 heteroatoms. The second-order valence-corrected chi connectivity index (χ2v) is 4.65. The summed E-state index contributed by atoms with van der Waals surface area (Å²) in [4.78, 5) is 12.0. The number of unbranched alkanes of at least 4 members (excludes halogenated alkanes) is 1. The summed E-state index contributed by atoms with van der Waals surface area (Å²) in [5.74, 6) is -0.357. The molecular weight excluding hydrogens is 260 g/mol. The van der Waals surface area contributed by atoms with Crippen LogP contribution in [0.15, 0.2) is 61.4 Å². The number of allylic oxidation sites excluding steroid dienone is 7. The van der Waals surface area contributed by atoms with E-state index in [9.17, 15) is 4.79 Å². The van der Waals surface area contributed by atoms with E-state index in [1.807, 2.05) is 25.2 Å². The minimum atomic E-state index is -0.184. The van der Waals surface area contributed by atoms with Crippen molar-refractivity contribution >= 4 is 5.97 Å². The van der Waals surface area contributed by atoms with E-state index in [-0.39, 0.29) is 11.9 Å². The molecule has 0 aromatic heterocycles. The van der Waals surface area contributed by atoms with Gasteiger partial charge in [-0.05, 0) is 39.0 Å². The number of esters is 1. The molecule has 0 N–H and O–H groups in total. The first-order chi connectivity index (χ1) is 10.3. The van der Waals surface area contributed by atoms with Gasteiger partial charge in [0.05, 0.1) is 12.2 Å². The highest BCUT2D eigenvalue weighted by Gasteiger charge is 2.15. The molecule has 0 aliphatic heterocycles. The first kappa shape index (κ1) is 19.2. The fraction of sp³-hybridized carbons (Fsp3) is 0.421. The molecule has 0 heterocycles. The molecule has 0 radical (unpaired) electrons. The van der Waals surface area contributed by atoms with E-state index in [2.05, 4.69) is 31.7 Å². The molecule has 0 rings (SSSR count). The molecular formula is C19H28O2. The average molecular weight is 288 g/mol. The Bertz CT molecular complexity index is 386. The molecule has 0 amide bonds. The summed E-state index contributed by atoms with van der Waals surface area (Å²) in [7, 11) is 0. The zero-order valence-electron chi connectivity index (χ0n) is 13.3. The van der Waals surface area contributed by atoms with Gasteiger partial charge in [-0.25, -0.2) is 0 Å². The smallest absolute Gasteiger partial charge is 0.317 e. The lowest BCUT2D eigenvalue weighted by Gasteiger charge is -2.09. The van der Waals surface area contributed by atoms with Crippen LogP contribution in [0.2, 0.25) is 0 Å². The van der Waals surface area contributed by atoms with Gasteiger partial charge in [-0.2, -0.15) is 0 Å². The number of rotatable bonds is 11. The van der Waals surface area contributed by atoms with Gasteiger partial charge < -0.3 is 4.74 Å². The van der Waals surface area contributed by atoms with Crippen LogP contribution in [0.3, 0.4) is 0 Å². The van der Waals surface area contributed by atoms with Gasteiger partial charge in [0.15, 0.2) is 0 Å². The largest absolute Gasteiger partial charge is 0.434 e. The van der Waals surface area contributed by atoms with Crippen molar-refractivity contribution in [1.29, 1.82) is 0 Å². The summed E-state index contributed by atoms with van der Waals surface area (Å²) in [6, 6.07) is 0. The predicted molar refractivity (Wildman–Crippen MR) is 90.8 cm³/mol. The molecule has 0 saturated carbocycles. The van der Waals surface area contributed by atoms with Crippen LogP contribution in [-0.2, 0) is 9.53 Å². The normalized spacial score (nSPS) is 13.6. The van der Waals surface area contributed by atoms with Crippen LogP contribution >= 0.6 is 0 Å². The molecule has 21 heavy (non-hydrogen) atoms. The highest BCUT2D eigenvalue weighted by molar-refractivity contribution is 5.74. The molecule has 0 spiro atoms. The summed E-state index contributed by atoms with van der Waals surface area (Å²) < 4.78 is 5.09. The molecule has 0 fully saturated rings. The molecule has 0 aromatic carbocycles. The summed E-state index contributed by atoms with van der Waals surface area (Å²) >= 11 is 0. The van der Waals surface area contributed by atoms with Gasteiger partial charge >= 0.3 is 5.97 Å². The van der Waals surface area contributed by atoms with E-state index >= 15 is 0 Å². The maximum atomic E-state index is 12.0. The Labute approximate surface area is 129 Å². The number of carbonyl (C=O) groups excluding carboxylic acids is 1. The molecule has 1 unspecified atom stereocenters. The maximum absolute atomic E-state index is 12.0. The number of ether oxygens (including phenoxy) is 1. The van der Waals surface area contributed by atoms with Crippen molar-refractivity contribution in [3.63, 3.8) is 0 Å². The summed E-state index contributed by atoms with van der Waals surface area (Å²) in [5, 5.41) is 0. The van der Waals surface area contributed by atoms with Crippen molar-refractivity contribution in [2.75, 3.05) is 0 Å². The van der Waals surface area contributed by atoms with E-state index < -0.39 is 0 Å². The van der Waals surface area contributed by atoms with Crippen molar-refractivity contribution in [2.24, 2.45) is 5.92 Å². The van der Waals surface area contributed by atoms with Crippen LogP contribution < -0.4 is 0 Å². The Morgan fingerprint density at radius 1 is 1.24 bits per heavy atom. The SMILES string of the molecule is C=CC=CCCCC(C=CCC=CCC)C(=O)OC=CC. The zero-order valence-corrected chi connectivity index (χ0v) is 13.3. The number of carbonyl (C=O) groups is 1. The van der Waals surface area contributed by atoms with Crippen LogP contribution in [0.5, 0.6) is 0 Å². The Hall–Kier alpha value is -1.83. The van der Waals surface area contributed by atoms with Gasteiger partial charge in [0, 0.05) is 0 Å². The third-order valence-corrected chi connectivity index (χ3v) is 2.82. The van der Waals surface area contributed by atoms with Crippen molar-refractivity contribution in [3.05, 3.63) is 61.4 Å². The Balaban J connectivity index is 4.38. The van der Waals surface area contributed by atoms with Crippen molar-refractivity contribution < 1.29 is 9.53 Å². The van der Waals surface area contributed by atoms with Gasteiger partial charge in [-0.1, -0.05) is 62.1 Å². The highest BCUT2D eigenvalue weighted by atomic mass is 16.5. The van der Waals surface area contributed by atoms with Crippen LogP contribution in [0, 0.1) is 5.92 Å². The minimum absolute atomic E-state index is 0.173. The van der Waals surface area contributed by atoms with Gasteiger partial charge in [0.25, 0.3) is 0 Å². The summed E-state index contributed by atoms with van der Waals surface area (Å²) in [5.41, 5.74) is 0. The lowest BCUT2D eigenvalue weighted by atomic mass is 10.0. The van der Waals surface area contributed by atoms with Crippen molar-refractivity contribution in [2.45, 2.75) is 46.0 Å². The van der Waals surface area contributed by atoms with Crippen LogP contribution in [-0.4, -0.2) is 5.97 Å². The number of hydrogen-bond acceptors (Lipinski definition) is 2. The first-order valence-corrected chi connectivity index (χ1v) is 7.67. The lowest BCUT2D eigenvalue weighted by molar-refractivity contribution is -0.141. The van der Waals surface area contributed by atoms with Crippen molar-refractivity contribution in [3.8, 4) is 0 Å². The van der Waals surface area contributed by atoms with Crippen LogP contribution in [0.4, 0.5) is 0 Å². The van der Waals surface area contributed by atoms with Gasteiger partial charge in [-0.3, -0.25) is 4.79 Å². The molecule has 0 aromatic rings. The average Bonchev–Trinajstić information content (AvgIpc) is 2.50. The van der Waals surface area contributed by atoms with E-state index in [0.29, 0.717) is 0 Å². The molecule has 0 aliphatic rings. The van der Waals surface area contributed by atoms with E-state index in [0.717, 1.165) is 32.1 Å². The lowest BCUT2D eigenvalue weighted by Crippen LogP contribution is -2.13. The third kappa shape index (κ3) is 11.7. The molecule has 0 bridgehead atoms. The third-order valence-electron chi connectivity index (χ3n) is 2.82. The van der Waals surface area contributed by atoms with E-state index in [1.165, 1.54) is 6.26 Å². The fourth-order valence-corrected chi connectivity index (χ4v) is 1.75. The van der Waals surface area contributed by atoms with E-state index in [1.54, 1.807) is 12.2 Å². The maximum Gasteiger partial charge on any atom is 0.317 e. The number of hydrogen-bond donors (Lipinski definition) is 0. The fourth-order valence-electron chi connectivity index (χ4n) is 1.75. The van der Waals surface area contributed by atoms with Gasteiger partial charge in [-0.15, -0.1) is 0 Å². The van der Waals surface area contributed by atoms with E-state index in [4.69, 9.17) is 4.74 Å². The Kier molecular flexibility index (Phi) is 13.3. The molecule has 116 valence electrons. The van der Waals surface area contributed by atoms with Gasteiger partial charge in [0.1, 0.15) is 0 Å². The highest BCUT2D eigenvalue weighted by Crippen LogP contribution is 2.14. The first-order valence-electron chi connectivity index (χ1n) is 7.67. The van der Waals surface area contributed by atoms with Crippen LogP contribution in [0.25, 0.3) is 0 Å².